The van der Waals surface area contributed by atoms with Crippen molar-refractivity contribution in [1.82, 2.24) is 0 Å². The zero-order valence-corrected chi connectivity index (χ0v) is 6.60. The van der Waals surface area contributed by atoms with Crippen molar-refractivity contribution in [3.63, 3.8) is 0 Å². The molecule has 2 nitrogen and oxygen atoms in total. The summed E-state index contributed by atoms with van der Waals surface area (Å²) in [6, 6.07) is 2.11. The SMILES string of the molecule is NCc1cc2c(o1)CCCC2. The topological polar surface area (TPSA) is 39.2 Å². The van der Waals surface area contributed by atoms with Crippen molar-refractivity contribution >= 4 is 0 Å². The lowest BCUT2D eigenvalue weighted by Gasteiger charge is -2.07. The van der Waals surface area contributed by atoms with E-state index in [-0.39, 0.29) is 0 Å². The van der Waals surface area contributed by atoms with E-state index >= 15 is 0 Å². The molecule has 0 bridgehead atoms. The molecule has 0 aromatic carbocycles. The second-order valence-corrected chi connectivity index (χ2v) is 3.07. The van der Waals surface area contributed by atoms with Crippen molar-refractivity contribution in [3.05, 3.63) is 23.2 Å². The van der Waals surface area contributed by atoms with Crippen LogP contribution in [0.25, 0.3) is 0 Å². The molecular formula is C9H13NO. The molecule has 2 heteroatoms. The highest BCUT2D eigenvalue weighted by Gasteiger charge is 2.13. The summed E-state index contributed by atoms with van der Waals surface area (Å²) in [6.07, 6.45) is 4.86. The fraction of sp³-hybridized carbons (Fsp3) is 0.556. The summed E-state index contributed by atoms with van der Waals surface area (Å²) in [5.41, 5.74) is 6.85. The average Bonchev–Trinajstić information content (AvgIpc) is 2.46. The average molecular weight is 151 g/mol. The van der Waals surface area contributed by atoms with Crippen LogP contribution in [0.2, 0.25) is 0 Å². The predicted octanol–water partition coefficient (Wildman–Crippen LogP) is 1.62. The van der Waals surface area contributed by atoms with E-state index in [0.717, 1.165) is 12.2 Å². The highest BCUT2D eigenvalue weighted by atomic mass is 16.3. The van der Waals surface area contributed by atoms with Crippen molar-refractivity contribution in [2.75, 3.05) is 0 Å². The minimum atomic E-state index is 0.535. The number of furan rings is 1. The van der Waals surface area contributed by atoms with Crippen LogP contribution >= 0.6 is 0 Å². The Morgan fingerprint density at radius 2 is 2.18 bits per heavy atom. The van der Waals surface area contributed by atoms with Crippen molar-refractivity contribution in [3.8, 4) is 0 Å². The molecule has 2 N–H and O–H groups in total. The summed E-state index contributed by atoms with van der Waals surface area (Å²) >= 11 is 0. The number of fused-ring (bicyclic) bond motifs is 1. The number of hydrogen-bond acceptors (Lipinski definition) is 2. The van der Waals surface area contributed by atoms with Crippen LogP contribution in [0.4, 0.5) is 0 Å². The first-order valence-electron chi connectivity index (χ1n) is 4.20. The van der Waals surface area contributed by atoms with Gasteiger partial charge in [-0.3, -0.25) is 0 Å². The molecule has 0 unspecified atom stereocenters. The quantitative estimate of drug-likeness (QED) is 0.662. The maximum absolute atomic E-state index is 5.53. The first-order valence-corrected chi connectivity index (χ1v) is 4.20. The monoisotopic (exact) mass is 151 g/mol. The molecular weight excluding hydrogens is 138 g/mol. The van der Waals surface area contributed by atoms with Gasteiger partial charge in [-0.05, 0) is 30.9 Å². The molecule has 1 aliphatic carbocycles. The van der Waals surface area contributed by atoms with Gasteiger partial charge in [0.05, 0.1) is 6.54 Å². The van der Waals surface area contributed by atoms with Crippen LogP contribution in [0.3, 0.4) is 0 Å². The Morgan fingerprint density at radius 1 is 1.36 bits per heavy atom. The molecule has 1 heterocycles. The molecule has 0 radical (unpaired) electrons. The molecule has 0 saturated carbocycles. The molecule has 0 saturated heterocycles. The van der Waals surface area contributed by atoms with E-state index < -0.39 is 0 Å². The number of rotatable bonds is 1. The summed E-state index contributed by atoms with van der Waals surface area (Å²) < 4.78 is 5.53. The van der Waals surface area contributed by atoms with Crippen molar-refractivity contribution in [1.29, 1.82) is 0 Å². The van der Waals surface area contributed by atoms with Crippen LogP contribution in [0.1, 0.15) is 29.9 Å². The van der Waals surface area contributed by atoms with Gasteiger partial charge < -0.3 is 10.2 Å². The fourth-order valence-electron chi connectivity index (χ4n) is 1.65. The van der Waals surface area contributed by atoms with E-state index in [2.05, 4.69) is 6.07 Å². The molecule has 0 aliphatic heterocycles. The second-order valence-electron chi connectivity index (χ2n) is 3.07. The van der Waals surface area contributed by atoms with E-state index in [9.17, 15) is 0 Å². The van der Waals surface area contributed by atoms with Crippen LogP contribution in [-0.4, -0.2) is 0 Å². The van der Waals surface area contributed by atoms with Crippen molar-refractivity contribution in [2.45, 2.75) is 32.2 Å². The molecule has 60 valence electrons. The highest BCUT2D eigenvalue weighted by Crippen LogP contribution is 2.24. The van der Waals surface area contributed by atoms with Crippen molar-refractivity contribution in [2.24, 2.45) is 5.73 Å². The Labute approximate surface area is 66.4 Å². The minimum Gasteiger partial charge on any atom is -0.464 e. The summed E-state index contributed by atoms with van der Waals surface area (Å²) in [6.45, 7) is 0.535. The molecule has 1 aromatic rings. The maximum atomic E-state index is 5.53. The largest absolute Gasteiger partial charge is 0.464 e. The smallest absolute Gasteiger partial charge is 0.118 e. The Hall–Kier alpha value is -0.760. The zero-order chi connectivity index (χ0) is 7.68. The highest BCUT2D eigenvalue weighted by molar-refractivity contribution is 5.23. The van der Waals surface area contributed by atoms with Gasteiger partial charge in [0.15, 0.2) is 0 Å². The van der Waals surface area contributed by atoms with Gasteiger partial charge in [-0.25, -0.2) is 0 Å². The van der Waals surface area contributed by atoms with Crippen molar-refractivity contribution < 1.29 is 4.42 Å². The summed E-state index contributed by atoms with van der Waals surface area (Å²) in [4.78, 5) is 0. The fourth-order valence-corrected chi connectivity index (χ4v) is 1.65. The third-order valence-electron chi connectivity index (χ3n) is 2.25. The summed E-state index contributed by atoms with van der Waals surface area (Å²) in [5.74, 6) is 2.12. The lowest BCUT2D eigenvalue weighted by Crippen LogP contribution is -1.97. The lowest BCUT2D eigenvalue weighted by atomic mass is 9.99. The number of nitrogens with two attached hydrogens (primary N) is 1. The van der Waals surface area contributed by atoms with E-state index in [4.69, 9.17) is 10.2 Å². The molecule has 2 rings (SSSR count). The van der Waals surface area contributed by atoms with Crippen LogP contribution in [-0.2, 0) is 19.4 Å². The second kappa shape index (κ2) is 2.70. The van der Waals surface area contributed by atoms with Gasteiger partial charge in [-0.1, -0.05) is 0 Å². The minimum absolute atomic E-state index is 0.535. The Kier molecular flexibility index (Phi) is 1.70. The van der Waals surface area contributed by atoms with Gasteiger partial charge in [0.1, 0.15) is 11.5 Å². The first kappa shape index (κ1) is 6.92. The van der Waals surface area contributed by atoms with Gasteiger partial charge >= 0.3 is 0 Å². The third kappa shape index (κ3) is 1.18. The number of aryl methyl sites for hydroxylation is 2. The van der Waals surface area contributed by atoms with Gasteiger partial charge in [-0.2, -0.15) is 0 Å². The molecule has 1 aromatic heterocycles. The lowest BCUT2D eigenvalue weighted by molar-refractivity contribution is 0.445. The third-order valence-corrected chi connectivity index (χ3v) is 2.25. The first-order chi connectivity index (χ1) is 5.40. The Morgan fingerprint density at radius 3 is 2.91 bits per heavy atom. The molecule has 0 amide bonds. The standard InChI is InChI=1S/C9H13NO/c10-6-8-5-7-3-1-2-4-9(7)11-8/h5H,1-4,6,10H2. The van der Waals surface area contributed by atoms with Gasteiger partial charge in [0.2, 0.25) is 0 Å². The molecule has 0 atom stereocenters. The van der Waals surface area contributed by atoms with Crippen LogP contribution in [0.5, 0.6) is 0 Å². The van der Waals surface area contributed by atoms with Gasteiger partial charge in [-0.15, -0.1) is 0 Å². The molecule has 11 heavy (non-hydrogen) atoms. The van der Waals surface area contributed by atoms with Crippen LogP contribution < -0.4 is 5.73 Å². The molecule has 1 aliphatic rings. The zero-order valence-electron chi connectivity index (χ0n) is 6.60. The Bertz CT molecular complexity index is 229. The Balaban J connectivity index is 2.32. The summed E-state index contributed by atoms with van der Waals surface area (Å²) in [7, 11) is 0. The summed E-state index contributed by atoms with van der Waals surface area (Å²) in [5, 5.41) is 0. The van der Waals surface area contributed by atoms with E-state index in [1.807, 2.05) is 0 Å². The van der Waals surface area contributed by atoms with Gasteiger partial charge in [0, 0.05) is 6.42 Å². The van der Waals surface area contributed by atoms with Crippen LogP contribution in [0, 0.1) is 0 Å². The number of hydrogen-bond donors (Lipinski definition) is 1. The predicted molar refractivity (Wildman–Crippen MR) is 43.2 cm³/mol. The van der Waals surface area contributed by atoms with E-state index in [1.54, 1.807) is 0 Å². The molecule has 0 fully saturated rings. The normalized spacial score (nSPS) is 16.5. The maximum Gasteiger partial charge on any atom is 0.118 e. The van der Waals surface area contributed by atoms with E-state index in [1.165, 1.54) is 30.6 Å². The molecule has 0 spiro atoms. The van der Waals surface area contributed by atoms with E-state index in [0.29, 0.717) is 6.54 Å². The van der Waals surface area contributed by atoms with Crippen LogP contribution in [0.15, 0.2) is 10.5 Å². The van der Waals surface area contributed by atoms with Gasteiger partial charge in [0.25, 0.3) is 0 Å².